The third kappa shape index (κ3) is 5.41. The molecule has 0 heterocycles. The Morgan fingerprint density at radius 1 is 1.25 bits per heavy atom. The molecule has 0 aliphatic heterocycles. The molecule has 0 aliphatic carbocycles. The van der Waals surface area contributed by atoms with Gasteiger partial charge in [-0.3, -0.25) is 0 Å². The van der Waals surface area contributed by atoms with Gasteiger partial charge in [-0.15, -0.1) is 0 Å². The molecule has 1 aromatic carbocycles. The van der Waals surface area contributed by atoms with E-state index in [0.717, 1.165) is 5.56 Å². The summed E-state index contributed by atoms with van der Waals surface area (Å²) in [6.07, 6.45) is 0. The van der Waals surface area contributed by atoms with Gasteiger partial charge in [-0.1, -0.05) is 36.8 Å². The summed E-state index contributed by atoms with van der Waals surface area (Å²) in [5.74, 6) is 0. The van der Waals surface area contributed by atoms with Gasteiger partial charge in [0.15, 0.2) is 0 Å². The Morgan fingerprint density at radius 3 is 2.33 bits per heavy atom. The van der Waals surface area contributed by atoms with Gasteiger partial charge in [-0.05, 0) is 5.56 Å². The number of nitrogens with two attached hydrogens (primary N) is 1. The van der Waals surface area contributed by atoms with E-state index < -0.39 is 0 Å². The van der Waals surface area contributed by atoms with Crippen molar-refractivity contribution in [1.82, 2.24) is 0 Å². The van der Waals surface area contributed by atoms with Crippen molar-refractivity contribution in [2.75, 3.05) is 0 Å². The van der Waals surface area contributed by atoms with Gasteiger partial charge in [-0.2, -0.15) is 0 Å². The summed E-state index contributed by atoms with van der Waals surface area (Å²) >= 11 is 0. The number of benzene rings is 1. The molecule has 0 aliphatic rings. The van der Waals surface area contributed by atoms with E-state index in [1.165, 1.54) is 6.47 Å². The smallest absolute Gasteiger partial charge is 0.693 e. The predicted molar refractivity (Wildman–Crippen MR) is 42.2 cm³/mol. The molecule has 4 heteroatoms. The Bertz CT molecular complexity index is 203. The molecule has 0 saturated carbocycles. The topological polar surface area (TPSA) is 59.8 Å². The Balaban J connectivity index is 0. The van der Waals surface area contributed by atoms with Crippen LogP contribution in [0, 0.1) is 0 Å². The molecular weight excluding hydrogens is 231 g/mol. The van der Waals surface area contributed by atoms with Crippen LogP contribution in [0.25, 0.3) is 6.15 Å². The zero-order valence-corrected chi connectivity index (χ0v) is 9.40. The van der Waals surface area contributed by atoms with Crippen LogP contribution in [0.1, 0.15) is 5.56 Å². The summed E-state index contributed by atoms with van der Waals surface area (Å²) in [6, 6.07) is 9.47. The van der Waals surface area contributed by atoms with E-state index in [9.17, 15) is 4.79 Å². The molecule has 0 unspecified atom stereocenters. The summed E-state index contributed by atoms with van der Waals surface area (Å²) in [6.45, 7) is 1.68. The summed E-state index contributed by atoms with van der Waals surface area (Å²) in [4.78, 5) is 9.63. The minimum Gasteiger partial charge on any atom is -0.693 e. The SMILES string of the molecule is O=[C-]OCc1ccccc1.[NH2-].[Y+3]. The molecule has 1 rings (SSSR count). The normalized spacial score (nSPS) is 7.33. The fraction of sp³-hybridized carbons (Fsp3) is 0.125. The zero-order chi connectivity index (χ0) is 7.23. The Hall–Kier alpha value is -0.246. The maximum absolute atomic E-state index is 9.63. The molecule has 1 aromatic rings. The molecule has 2 N–H and O–H groups in total. The molecule has 0 aromatic heterocycles. The van der Waals surface area contributed by atoms with Crippen LogP contribution in [0.5, 0.6) is 0 Å². The molecule has 3 nitrogen and oxygen atoms in total. The second-order valence-corrected chi connectivity index (χ2v) is 1.86. The van der Waals surface area contributed by atoms with Crippen molar-refractivity contribution in [2.45, 2.75) is 6.61 Å². The van der Waals surface area contributed by atoms with Gasteiger partial charge in [0, 0.05) is 0 Å². The van der Waals surface area contributed by atoms with Crippen molar-refractivity contribution in [3.63, 3.8) is 0 Å². The van der Waals surface area contributed by atoms with Gasteiger partial charge in [-0.25, -0.2) is 0 Å². The van der Waals surface area contributed by atoms with E-state index in [4.69, 9.17) is 0 Å². The van der Waals surface area contributed by atoms with Gasteiger partial charge in [0.05, 0.1) is 6.61 Å². The molecular formula is C8H9NO2Y+. The maximum atomic E-state index is 9.63. The average Bonchev–Trinajstić information content (AvgIpc) is 2.03. The van der Waals surface area contributed by atoms with E-state index in [1.54, 1.807) is 0 Å². The fourth-order valence-electron chi connectivity index (χ4n) is 0.687. The first kappa shape index (κ1) is 14.3. The van der Waals surface area contributed by atoms with Gasteiger partial charge < -0.3 is 15.7 Å². The molecule has 12 heavy (non-hydrogen) atoms. The van der Waals surface area contributed by atoms with Crippen molar-refractivity contribution < 1.29 is 42.2 Å². The number of rotatable bonds is 3. The minimum absolute atomic E-state index is 0. The molecule has 60 valence electrons. The average molecular weight is 240 g/mol. The van der Waals surface area contributed by atoms with Crippen LogP contribution < -0.4 is 0 Å². The standard InChI is InChI=1S/C8H7O2.H2N.Y/c9-7-10-6-8-4-2-1-3-5-8;;/h1-5H,6H2;1H2;/q2*-1;+3. The van der Waals surface area contributed by atoms with Crippen LogP contribution in [0.15, 0.2) is 30.3 Å². The molecule has 0 saturated heterocycles. The first-order valence-corrected chi connectivity index (χ1v) is 2.96. The van der Waals surface area contributed by atoms with E-state index >= 15 is 0 Å². The predicted octanol–water partition coefficient (Wildman–Crippen LogP) is 1.98. The fourth-order valence-corrected chi connectivity index (χ4v) is 0.687. The van der Waals surface area contributed by atoms with Gasteiger partial charge in [0.2, 0.25) is 0 Å². The summed E-state index contributed by atoms with van der Waals surface area (Å²) in [5.41, 5.74) is 0.978. The molecule has 0 bridgehead atoms. The van der Waals surface area contributed by atoms with Crippen molar-refractivity contribution in [1.29, 1.82) is 0 Å². The third-order valence-electron chi connectivity index (χ3n) is 1.14. The van der Waals surface area contributed by atoms with Crippen molar-refractivity contribution in [3.8, 4) is 0 Å². The van der Waals surface area contributed by atoms with Crippen LogP contribution in [0.3, 0.4) is 0 Å². The Labute approximate surface area is 97.0 Å². The first-order valence-electron chi connectivity index (χ1n) is 2.96. The summed E-state index contributed by atoms with van der Waals surface area (Å²) < 4.78 is 4.41. The van der Waals surface area contributed by atoms with Gasteiger partial charge in [0.1, 0.15) is 0 Å². The zero-order valence-electron chi connectivity index (χ0n) is 6.57. The van der Waals surface area contributed by atoms with E-state index in [1.807, 2.05) is 30.3 Å². The van der Waals surface area contributed by atoms with E-state index in [0.29, 0.717) is 6.61 Å². The third-order valence-corrected chi connectivity index (χ3v) is 1.14. The molecule has 0 atom stereocenters. The molecule has 0 radical (unpaired) electrons. The number of hydrogen-bond acceptors (Lipinski definition) is 2. The molecule has 0 amide bonds. The molecule has 0 fully saturated rings. The van der Waals surface area contributed by atoms with Crippen molar-refractivity contribution in [3.05, 3.63) is 42.0 Å². The van der Waals surface area contributed by atoms with E-state index in [2.05, 4.69) is 4.74 Å². The Kier molecular flexibility index (Phi) is 10.5. The number of ether oxygens (including phenoxy) is 1. The largest absolute Gasteiger partial charge is 3.00 e. The van der Waals surface area contributed by atoms with Gasteiger partial charge in [0.25, 0.3) is 0 Å². The monoisotopic (exact) mass is 240 g/mol. The quantitative estimate of drug-likeness (QED) is 0.758. The van der Waals surface area contributed by atoms with Crippen LogP contribution in [-0.2, 0) is 48.8 Å². The van der Waals surface area contributed by atoms with Crippen LogP contribution in [0.2, 0.25) is 0 Å². The van der Waals surface area contributed by atoms with E-state index in [-0.39, 0.29) is 38.9 Å². The minimum atomic E-state index is 0. The van der Waals surface area contributed by atoms with Crippen LogP contribution in [-0.4, -0.2) is 6.47 Å². The van der Waals surface area contributed by atoms with Gasteiger partial charge >= 0.3 is 32.7 Å². The first-order chi connectivity index (χ1) is 4.93. The summed E-state index contributed by atoms with van der Waals surface area (Å²) in [7, 11) is 0. The Morgan fingerprint density at radius 2 is 1.83 bits per heavy atom. The van der Waals surface area contributed by atoms with Crippen molar-refractivity contribution in [2.24, 2.45) is 0 Å². The molecule has 0 spiro atoms. The summed E-state index contributed by atoms with van der Waals surface area (Å²) in [5, 5.41) is 0. The second kappa shape index (κ2) is 8.85. The number of hydrogen-bond donors (Lipinski definition) is 0. The van der Waals surface area contributed by atoms with Crippen LogP contribution in [0.4, 0.5) is 0 Å². The van der Waals surface area contributed by atoms with Crippen LogP contribution >= 0.6 is 0 Å². The number of carbonyl (C=O) groups excluding carboxylic acids is 1. The van der Waals surface area contributed by atoms with Crippen molar-refractivity contribution >= 4 is 6.47 Å². The second-order valence-electron chi connectivity index (χ2n) is 1.86. The maximum Gasteiger partial charge on any atom is 3.00 e.